The predicted molar refractivity (Wildman–Crippen MR) is 80.5 cm³/mol. The first-order chi connectivity index (χ1) is 9.56. The Morgan fingerprint density at radius 1 is 1.40 bits per heavy atom. The van der Waals surface area contributed by atoms with Crippen molar-refractivity contribution in [1.82, 2.24) is 10.2 Å². The zero-order valence-electron chi connectivity index (χ0n) is 12.9. The number of rotatable bonds is 3. The van der Waals surface area contributed by atoms with Gasteiger partial charge in [-0.2, -0.15) is 0 Å². The van der Waals surface area contributed by atoms with Gasteiger partial charge in [0, 0.05) is 29.5 Å². The van der Waals surface area contributed by atoms with Gasteiger partial charge in [0.2, 0.25) is 0 Å². The highest BCUT2D eigenvalue weighted by molar-refractivity contribution is 5.58. The molecule has 2 fully saturated rings. The summed E-state index contributed by atoms with van der Waals surface area (Å²) >= 11 is 0. The van der Waals surface area contributed by atoms with Crippen LogP contribution in [0.3, 0.4) is 0 Å². The number of nitrogens with zero attached hydrogens (tertiary/aromatic N) is 1. The molecule has 3 aliphatic rings. The van der Waals surface area contributed by atoms with Crippen molar-refractivity contribution in [2.45, 2.75) is 43.2 Å². The number of benzene rings is 1. The van der Waals surface area contributed by atoms with Gasteiger partial charge in [0.25, 0.3) is 0 Å². The molecule has 1 heterocycles. The summed E-state index contributed by atoms with van der Waals surface area (Å²) in [6, 6.07) is 7.96. The van der Waals surface area contributed by atoms with Crippen molar-refractivity contribution in [2.24, 2.45) is 0 Å². The molecule has 20 heavy (non-hydrogen) atoms. The predicted octanol–water partition coefficient (Wildman–Crippen LogP) is 1.90. The number of hydrogen-bond acceptors (Lipinski definition) is 3. The maximum atomic E-state index is 5.46. The quantitative estimate of drug-likeness (QED) is 0.909. The van der Waals surface area contributed by atoms with E-state index in [1.165, 1.54) is 18.5 Å². The standard InChI is InChI=1S/C17H24N2O/c1-5-18-14-15-17(10-19(15)3)9-16(14,2)13-8-11(20-4)6-7-12(13)17/h6-8,14-15,18H,5,9-10H2,1-4H3. The minimum atomic E-state index is 0.245. The Bertz CT molecular complexity index is 572. The average Bonchev–Trinajstić information content (AvgIpc) is 2.80. The van der Waals surface area contributed by atoms with Crippen LogP contribution in [0.25, 0.3) is 0 Å². The molecule has 0 aromatic heterocycles. The number of likely N-dealkylation sites (tertiary alicyclic amines) is 1. The minimum absolute atomic E-state index is 0.245. The molecule has 1 N–H and O–H groups in total. The van der Waals surface area contributed by atoms with Gasteiger partial charge < -0.3 is 10.1 Å². The summed E-state index contributed by atoms with van der Waals surface area (Å²) in [6.45, 7) is 6.90. The Labute approximate surface area is 121 Å². The molecule has 3 heteroatoms. The van der Waals surface area contributed by atoms with Crippen LogP contribution in [0.15, 0.2) is 18.2 Å². The van der Waals surface area contributed by atoms with Crippen molar-refractivity contribution in [3.8, 4) is 5.75 Å². The molecule has 1 spiro atoms. The maximum absolute atomic E-state index is 5.46. The van der Waals surface area contributed by atoms with Crippen molar-refractivity contribution >= 4 is 0 Å². The Balaban J connectivity index is 1.88. The molecule has 4 unspecified atom stereocenters. The molecule has 1 aromatic rings. The van der Waals surface area contributed by atoms with Gasteiger partial charge in [0.1, 0.15) is 5.75 Å². The molecule has 1 saturated heterocycles. The molecule has 108 valence electrons. The van der Waals surface area contributed by atoms with Crippen LogP contribution in [0.1, 0.15) is 31.4 Å². The molecule has 1 saturated carbocycles. The summed E-state index contributed by atoms with van der Waals surface area (Å²) in [6.07, 6.45) is 1.29. The second-order valence-corrected chi connectivity index (χ2v) is 7.06. The lowest BCUT2D eigenvalue weighted by Gasteiger charge is -2.57. The van der Waals surface area contributed by atoms with Crippen LogP contribution >= 0.6 is 0 Å². The molecule has 4 rings (SSSR count). The van der Waals surface area contributed by atoms with Crippen LogP contribution in [0.2, 0.25) is 0 Å². The summed E-state index contributed by atoms with van der Waals surface area (Å²) in [7, 11) is 4.03. The first kappa shape index (κ1) is 12.7. The van der Waals surface area contributed by atoms with Crippen LogP contribution in [-0.2, 0) is 10.8 Å². The fourth-order valence-corrected chi connectivity index (χ4v) is 5.51. The van der Waals surface area contributed by atoms with Crippen LogP contribution < -0.4 is 10.1 Å². The van der Waals surface area contributed by atoms with E-state index in [0.717, 1.165) is 12.3 Å². The number of methoxy groups -OCH3 is 1. The van der Waals surface area contributed by atoms with E-state index in [0.29, 0.717) is 17.5 Å². The van der Waals surface area contributed by atoms with Crippen molar-refractivity contribution < 1.29 is 4.74 Å². The smallest absolute Gasteiger partial charge is 0.119 e. The summed E-state index contributed by atoms with van der Waals surface area (Å²) in [4.78, 5) is 2.53. The number of fused-ring (bicyclic) bond motifs is 3. The Kier molecular flexibility index (Phi) is 2.39. The lowest BCUT2D eigenvalue weighted by atomic mass is 9.65. The van der Waals surface area contributed by atoms with Crippen LogP contribution in [-0.4, -0.2) is 44.2 Å². The van der Waals surface area contributed by atoms with Gasteiger partial charge in [-0.05, 0) is 43.3 Å². The molecule has 1 aromatic carbocycles. The number of likely N-dealkylation sites (N-methyl/N-ethyl adjacent to an activating group) is 2. The maximum Gasteiger partial charge on any atom is 0.119 e. The van der Waals surface area contributed by atoms with E-state index in [1.807, 2.05) is 0 Å². The zero-order chi connectivity index (χ0) is 14.1. The number of hydrogen-bond donors (Lipinski definition) is 1. The minimum Gasteiger partial charge on any atom is -0.497 e. The Morgan fingerprint density at radius 2 is 2.20 bits per heavy atom. The highest BCUT2D eigenvalue weighted by atomic mass is 16.5. The molecular weight excluding hydrogens is 248 g/mol. The monoisotopic (exact) mass is 272 g/mol. The Hall–Kier alpha value is -1.06. The van der Waals surface area contributed by atoms with E-state index < -0.39 is 0 Å². The van der Waals surface area contributed by atoms with E-state index in [-0.39, 0.29) is 5.41 Å². The van der Waals surface area contributed by atoms with E-state index in [1.54, 1.807) is 12.7 Å². The molecule has 0 radical (unpaired) electrons. The number of nitrogens with one attached hydrogen (secondary N) is 1. The van der Waals surface area contributed by atoms with E-state index in [2.05, 4.69) is 49.3 Å². The highest BCUT2D eigenvalue weighted by Gasteiger charge is 2.71. The van der Waals surface area contributed by atoms with Gasteiger partial charge >= 0.3 is 0 Å². The molecule has 2 bridgehead atoms. The normalized spacial score (nSPS) is 41.2. The van der Waals surface area contributed by atoms with Gasteiger partial charge in [-0.15, -0.1) is 0 Å². The largest absolute Gasteiger partial charge is 0.497 e. The molecule has 3 nitrogen and oxygen atoms in total. The summed E-state index contributed by atoms with van der Waals surface area (Å²) in [5.41, 5.74) is 3.73. The highest BCUT2D eigenvalue weighted by Crippen LogP contribution is 2.66. The van der Waals surface area contributed by atoms with Gasteiger partial charge in [0.15, 0.2) is 0 Å². The fourth-order valence-electron chi connectivity index (χ4n) is 5.51. The van der Waals surface area contributed by atoms with Gasteiger partial charge in [-0.3, -0.25) is 4.90 Å². The van der Waals surface area contributed by atoms with E-state index in [4.69, 9.17) is 4.74 Å². The SMILES string of the molecule is CCNC1C2N(C)CC23CC1(C)c1cc(OC)ccc13. The molecule has 0 amide bonds. The van der Waals surface area contributed by atoms with E-state index in [9.17, 15) is 0 Å². The third-order valence-electron chi connectivity index (χ3n) is 6.06. The molecule has 2 aliphatic carbocycles. The topological polar surface area (TPSA) is 24.5 Å². The van der Waals surface area contributed by atoms with E-state index >= 15 is 0 Å². The molecule has 1 aliphatic heterocycles. The first-order valence-electron chi connectivity index (χ1n) is 7.69. The second kappa shape index (κ2) is 3.77. The van der Waals surface area contributed by atoms with Crippen molar-refractivity contribution in [3.63, 3.8) is 0 Å². The molecule has 4 atom stereocenters. The number of ether oxygens (including phenoxy) is 1. The lowest BCUT2D eigenvalue weighted by molar-refractivity contribution is 0.0138. The third-order valence-corrected chi connectivity index (χ3v) is 6.06. The lowest BCUT2D eigenvalue weighted by Crippen LogP contribution is -2.70. The summed E-state index contributed by atoms with van der Waals surface area (Å²) in [5.74, 6) is 0.994. The molecular formula is C17H24N2O. The van der Waals surface area contributed by atoms with Gasteiger partial charge in [0.05, 0.1) is 7.11 Å². The van der Waals surface area contributed by atoms with Crippen LogP contribution in [0.5, 0.6) is 5.75 Å². The van der Waals surface area contributed by atoms with Crippen molar-refractivity contribution in [1.29, 1.82) is 0 Å². The van der Waals surface area contributed by atoms with Crippen molar-refractivity contribution in [3.05, 3.63) is 29.3 Å². The second-order valence-electron chi connectivity index (χ2n) is 7.06. The van der Waals surface area contributed by atoms with Gasteiger partial charge in [-0.25, -0.2) is 0 Å². The van der Waals surface area contributed by atoms with Crippen molar-refractivity contribution in [2.75, 3.05) is 27.2 Å². The third kappa shape index (κ3) is 1.20. The summed E-state index contributed by atoms with van der Waals surface area (Å²) < 4.78 is 5.46. The zero-order valence-corrected chi connectivity index (χ0v) is 12.9. The Morgan fingerprint density at radius 3 is 2.85 bits per heavy atom. The van der Waals surface area contributed by atoms with Crippen LogP contribution in [0, 0.1) is 0 Å². The van der Waals surface area contributed by atoms with Crippen LogP contribution in [0.4, 0.5) is 0 Å². The fraction of sp³-hybridized carbons (Fsp3) is 0.647. The first-order valence-corrected chi connectivity index (χ1v) is 7.69. The van der Waals surface area contributed by atoms with Gasteiger partial charge in [-0.1, -0.05) is 19.9 Å². The summed E-state index contributed by atoms with van der Waals surface area (Å²) in [5, 5.41) is 3.77. The average molecular weight is 272 g/mol.